The van der Waals surface area contributed by atoms with E-state index in [1.54, 1.807) is 29.8 Å². The molecule has 0 bridgehead atoms. The van der Waals surface area contributed by atoms with Crippen molar-refractivity contribution in [1.29, 1.82) is 0 Å². The molecule has 2 N–H and O–H groups in total. The zero-order chi connectivity index (χ0) is 14.0. The second-order valence-corrected chi connectivity index (χ2v) is 4.55. The van der Waals surface area contributed by atoms with E-state index in [2.05, 4.69) is 10.4 Å². The zero-order valence-corrected chi connectivity index (χ0v) is 11.3. The van der Waals surface area contributed by atoms with E-state index in [4.69, 9.17) is 0 Å². The SMILES string of the molecule is Cc1nn(C)cc1CNC(=O)c1cccc(O)c1C. The molecule has 0 radical (unpaired) electrons. The fourth-order valence-corrected chi connectivity index (χ4v) is 1.96. The highest BCUT2D eigenvalue weighted by Gasteiger charge is 2.12. The largest absolute Gasteiger partial charge is 0.508 e. The van der Waals surface area contributed by atoms with E-state index < -0.39 is 0 Å². The summed E-state index contributed by atoms with van der Waals surface area (Å²) in [7, 11) is 1.84. The molecule has 1 aromatic carbocycles. The van der Waals surface area contributed by atoms with Gasteiger partial charge in [0.1, 0.15) is 5.75 Å². The van der Waals surface area contributed by atoms with Gasteiger partial charge in [-0.05, 0) is 26.0 Å². The molecule has 1 aromatic heterocycles. The molecule has 2 aromatic rings. The third-order valence-corrected chi connectivity index (χ3v) is 3.10. The average molecular weight is 259 g/mol. The highest BCUT2D eigenvalue weighted by atomic mass is 16.3. The first-order chi connectivity index (χ1) is 8.99. The Bertz CT molecular complexity index is 617. The number of hydrogen-bond acceptors (Lipinski definition) is 3. The second kappa shape index (κ2) is 5.14. The highest BCUT2D eigenvalue weighted by Crippen LogP contribution is 2.19. The monoisotopic (exact) mass is 259 g/mol. The van der Waals surface area contributed by atoms with Gasteiger partial charge in [-0.2, -0.15) is 5.10 Å². The lowest BCUT2D eigenvalue weighted by Gasteiger charge is -2.08. The number of amides is 1. The fraction of sp³-hybridized carbons (Fsp3) is 0.286. The van der Waals surface area contributed by atoms with E-state index in [0.29, 0.717) is 17.7 Å². The Hall–Kier alpha value is -2.30. The van der Waals surface area contributed by atoms with Crippen LogP contribution >= 0.6 is 0 Å². The number of aryl methyl sites for hydroxylation is 2. The first-order valence-corrected chi connectivity index (χ1v) is 6.05. The maximum atomic E-state index is 12.1. The van der Waals surface area contributed by atoms with E-state index in [9.17, 15) is 9.90 Å². The van der Waals surface area contributed by atoms with Crippen LogP contribution in [0.1, 0.15) is 27.2 Å². The van der Waals surface area contributed by atoms with Gasteiger partial charge < -0.3 is 10.4 Å². The van der Waals surface area contributed by atoms with Crippen molar-refractivity contribution < 1.29 is 9.90 Å². The molecule has 0 aliphatic heterocycles. The van der Waals surface area contributed by atoms with Crippen molar-refractivity contribution in [3.05, 3.63) is 46.8 Å². The summed E-state index contributed by atoms with van der Waals surface area (Å²) in [5.41, 5.74) is 2.95. The summed E-state index contributed by atoms with van der Waals surface area (Å²) in [5, 5.41) is 16.6. The molecule has 1 amide bonds. The summed E-state index contributed by atoms with van der Waals surface area (Å²) in [6, 6.07) is 4.92. The van der Waals surface area contributed by atoms with E-state index >= 15 is 0 Å². The predicted molar refractivity (Wildman–Crippen MR) is 72.0 cm³/mol. The molecule has 5 nitrogen and oxygen atoms in total. The van der Waals surface area contributed by atoms with Gasteiger partial charge in [-0.15, -0.1) is 0 Å². The lowest BCUT2D eigenvalue weighted by molar-refractivity contribution is 0.0950. The van der Waals surface area contributed by atoms with E-state index in [1.165, 1.54) is 0 Å². The summed E-state index contributed by atoms with van der Waals surface area (Å²) in [6.07, 6.45) is 1.88. The van der Waals surface area contributed by atoms with Crippen molar-refractivity contribution in [2.24, 2.45) is 7.05 Å². The molecule has 100 valence electrons. The summed E-state index contributed by atoms with van der Waals surface area (Å²) in [5.74, 6) is -0.0677. The fourth-order valence-electron chi connectivity index (χ4n) is 1.96. The Balaban J connectivity index is 2.10. The van der Waals surface area contributed by atoms with Gasteiger partial charge >= 0.3 is 0 Å². The maximum Gasteiger partial charge on any atom is 0.251 e. The third kappa shape index (κ3) is 2.76. The summed E-state index contributed by atoms with van der Waals surface area (Å²) in [6.45, 7) is 4.05. The van der Waals surface area contributed by atoms with Crippen molar-refractivity contribution in [3.8, 4) is 5.75 Å². The van der Waals surface area contributed by atoms with Crippen molar-refractivity contribution in [1.82, 2.24) is 15.1 Å². The van der Waals surface area contributed by atoms with Crippen LogP contribution in [0.15, 0.2) is 24.4 Å². The molecule has 2 rings (SSSR count). The number of phenols is 1. The molecule has 0 aliphatic rings. The molecular weight excluding hydrogens is 242 g/mol. The van der Waals surface area contributed by atoms with Gasteiger partial charge in [0, 0.05) is 36.5 Å². The molecule has 0 atom stereocenters. The molecule has 0 saturated heterocycles. The molecule has 0 saturated carbocycles. The number of hydrogen-bond donors (Lipinski definition) is 2. The lowest BCUT2D eigenvalue weighted by atomic mass is 10.1. The summed E-state index contributed by atoms with van der Waals surface area (Å²) < 4.78 is 1.72. The molecular formula is C14H17N3O2. The number of phenolic OH excluding ortho intramolecular Hbond substituents is 1. The van der Waals surface area contributed by atoms with Crippen LogP contribution in [0.2, 0.25) is 0 Å². The minimum absolute atomic E-state index is 0.130. The lowest BCUT2D eigenvalue weighted by Crippen LogP contribution is -2.23. The molecule has 0 fully saturated rings. The number of benzene rings is 1. The van der Waals surface area contributed by atoms with E-state index in [1.807, 2.05) is 20.2 Å². The number of nitrogens with zero attached hydrogens (tertiary/aromatic N) is 2. The smallest absolute Gasteiger partial charge is 0.251 e. The molecule has 0 aliphatic carbocycles. The maximum absolute atomic E-state index is 12.1. The summed E-state index contributed by atoms with van der Waals surface area (Å²) in [4.78, 5) is 12.1. The van der Waals surface area contributed by atoms with Crippen LogP contribution in [-0.2, 0) is 13.6 Å². The number of carbonyl (C=O) groups is 1. The summed E-state index contributed by atoms with van der Waals surface area (Å²) >= 11 is 0. The standard InChI is InChI=1S/C14H17N3O2/c1-9-12(5-4-6-13(9)18)14(19)15-7-11-8-17(3)16-10(11)2/h4-6,8,18H,7H2,1-3H3,(H,15,19). The number of aromatic nitrogens is 2. The molecule has 1 heterocycles. The molecule has 0 unspecified atom stereocenters. The Morgan fingerprint density at radius 1 is 1.42 bits per heavy atom. The van der Waals surface area contributed by atoms with Gasteiger partial charge in [0.25, 0.3) is 5.91 Å². The quantitative estimate of drug-likeness (QED) is 0.881. The van der Waals surface area contributed by atoms with E-state index in [-0.39, 0.29) is 11.7 Å². The van der Waals surface area contributed by atoms with Crippen LogP contribution in [-0.4, -0.2) is 20.8 Å². The number of rotatable bonds is 3. The first kappa shape index (κ1) is 13.1. The van der Waals surface area contributed by atoms with Gasteiger partial charge in [-0.25, -0.2) is 0 Å². The molecule has 0 spiro atoms. The van der Waals surface area contributed by atoms with Crippen LogP contribution in [0.25, 0.3) is 0 Å². The van der Waals surface area contributed by atoms with E-state index in [0.717, 1.165) is 11.3 Å². The minimum atomic E-state index is -0.198. The Morgan fingerprint density at radius 2 is 2.16 bits per heavy atom. The zero-order valence-electron chi connectivity index (χ0n) is 11.3. The third-order valence-electron chi connectivity index (χ3n) is 3.10. The van der Waals surface area contributed by atoms with Crippen molar-refractivity contribution in [2.75, 3.05) is 0 Å². The van der Waals surface area contributed by atoms with Crippen LogP contribution in [0.5, 0.6) is 5.75 Å². The minimum Gasteiger partial charge on any atom is -0.508 e. The molecule has 19 heavy (non-hydrogen) atoms. The van der Waals surface area contributed by atoms with Gasteiger partial charge in [0.2, 0.25) is 0 Å². The van der Waals surface area contributed by atoms with Crippen LogP contribution in [0.3, 0.4) is 0 Å². The number of carbonyl (C=O) groups excluding carboxylic acids is 1. The molecule has 5 heteroatoms. The number of nitrogens with one attached hydrogen (secondary N) is 1. The van der Waals surface area contributed by atoms with Gasteiger partial charge in [0.05, 0.1) is 5.69 Å². The Kier molecular flexibility index (Phi) is 3.55. The van der Waals surface area contributed by atoms with Gasteiger partial charge in [-0.3, -0.25) is 9.48 Å². The Morgan fingerprint density at radius 3 is 2.79 bits per heavy atom. The van der Waals surface area contributed by atoms with Crippen LogP contribution < -0.4 is 5.32 Å². The second-order valence-electron chi connectivity index (χ2n) is 4.55. The Labute approximate surface area is 111 Å². The predicted octanol–water partition coefficient (Wildman–Crippen LogP) is 1.67. The van der Waals surface area contributed by atoms with Gasteiger partial charge in [-0.1, -0.05) is 6.07 Å². The van der Waals surface area contributed by atoms with Crippen LogP contribution in [0, 0.1) is 13.8 Å². The van der Waals surface area contributed by atoms with Crippen molar-refractivity contribution in [3.63, 3.8) is 0 Å². The normalized spacial score (nSPS) is 10.5. The topological polar surface area (TPSA) is 67.2 Å². The highest BCUT2D eigenvalue weighted by molar-refractivity contribution is 5.96. The first-order valence-electron chi connectivity index (χ1n) is 6.05. The van der Waals surface area contributed by atoms with Gasteiger partial charge in [0.15, 0.2) is 0 Å². The van der Waals surface area contributed by atoms with Crippen molar-refractivity contribution >= 4 is 5.91 Å². The van der Waals surface area contributed by atoms with Crippen LogP contribution in [0.4, 0.5) is 0 Å². The number of aromatic hydroxyl groups is 1. The average Bonchev–Trinajstić information content (AvgIpc) is 2.68. The van der Waals surface area contributed by atoms with Crippen molar-refractivity contribution in [2.45, 2.75) is 20.4 Å².